The Hall–Kier alpha value is -2.02. The van der Waals surface area contributed by atoms with Gasteiger partial charge in [-0.1, -0.05) is 36.0 Å². The zero-order valence-corrected chi connectivity index (χ0v) is 11.2. The van der Waals surface area contributed by atoms with Crippen LogP contribution in [0.15, 0.2) is 24.3 Å². The van der Waals surface area contributed by atoms with Crippen molar-refractivity contribution in [3.8, 4) is 0 Å². The van der Waals surface area contributed by atoms with Crippen molar-refractivity contribution in [1.82, 2.24) is 15.2 Å². The molecule has 0 fully saturated rings. The van der Waals surface area contributed by atoms with Gasteiger partial charge in [-0.15, -0.1) is 10.2 Å². The number of nitrogens with zero attached hydrogens (tertiary/aromatic N) is 2. The molecule has 7 heteroatoms. The minimum atomic E-state index is 0.166. The monoisotopic (exact) mass is 276 g/mol. The number of amidine groups is 1. The van der Waals surface area contributed by atoms with Gasteiger partial charge in [-0.2, -0.15) is 0 Å². The second-order valence-electron chi connectivity index (χ2n) is 4.11. The number of anilines is 1. The van der Waals surface area contributed by atoms with Crippen LogP contribution in [0.4, 0.5) is 5.95 Å². The molecule has 2 rings (SSSR count). The fraction of sp³-hybridized carbons (Fsp3) is 0.250. The lowest BCUT2D eigenvalue weighted by Crippen LogP contribution is -2.05. The number of aryl methyl sites for hydroxylation is 1. The molecule has 6 nitrogen and oxygen atoms in total. The van der Waals surface area contributed by atoms with Crippen LogP contribution < -0.4 is 11.5 Å². The van der Waals surface area contributed by atoms with E-state index in [4.69, 9.17) is 16.9 Å². The highest BCUT2D eigenvalue weighted by atomic mass is 32.2. The topological polar surface area (TPSA) is 117 Å². The molecular weight excluding hydrogens is 260 g/mol. The van der Waals surface area contributed by atoms with E-state index in [0.717, 1.165) is 23.6 Å². The summed E-state index contributed by atoms with van der Waals surface area (Å²) in [6, 6.07) is 8.28. The van der Waals surface area contributed by atoms with E-state index in [0.29, 0.717) is 12.4 Å². The third-order valence-electron chi connectivity index (χ3n) is 2.59. The molecule has 100 valence electrons. The van der Waals surface area contributed by atoms with Crippen LogP contribution in [0.2, 0.25) is 0 Å². The summed E-state index contributed by atoms with van der Waals surface area (Å²) in [4.78, 5) is 2.90. The van der Waals surface area contributed by atoms with Gasteiger partial charge in [0.2, 0.25) is 5.95 Å². The maximum Gasteiger partial charge on any atom is 0.219 e. The molecule has 0 saturated carbocycles. The van der Waals surface area contributed by atoms with Gasteiger partial charge in [0.1, 0.15) is 5.82 Å². The third kappa shape index (κ3) is 4.29. The van der Waals surface area contributed by atoms with Crippen molar-refractivity contribution in [3.05, 3.63) is 41.2 Å². The molecule has 2 aromatic rings. The Morgan fingerprint density at radius 3 is 2.47 bits per heavy atom. The van der Waals surface area contributed by atoms with Crippen LogP contribution in [0, 0.1) is 5.41 Å². The first-order valence-electron chi connectivity index (χ1n) is 5.85. The molecule has 0 saturated heterocycles. The molecule has 6 N–H and O–H groups in total. The number of nitrogens with one attached hydrogen (secondary N) is 2. The van der Waals surface area contributed by atoms with Crippen molar-refractivity contribution >= 4 is 22.9 Å². The SMILES string of the molecule is N=C(N)SCCc1ccc(Cc2nnc(N)[nH]2)cc1. The average molecular weight is 276 g/mol. The Bertz CT molecular complexity index is 548. The van der Waals surface area contributed by atoms with Gasteiger partial charge >= 0.3 is 0 Å². The summed E-state index contributed by atoms with van der Waals surface area (Å²) in [6.45, 7) is 0. The van der Waals surface area contributed by atoms with Crippen LogP contribution in [-0.4, -0.2) is 26.1 Å². The van der Waals surface area contributed by atoms with Crippen molar-refractivity contribution < 1.29 is 0 Å². The van der Waals surface area contributed by atoms with E-state index in [1.54, 1.807) is 0 Å². The number of nitrogen functional groups attached to an aromatic ring is 1. The first kappa shape index (κ1) is 13.4. The van der Waals surface area contributed by atoms with E-state index in [2.05, 4.69) is 39.4 Å². The summed E-state index contributed by atoms with van der Waals surface area (Å²) < 4.78 is 0. The number of hydrogen-bond donors (Lipinski definition) is 4. The highest BCUT2D eigenvalue weighted by Crippen LogP contribution is 2.11. The highest BCUT2D eigenvalue weighted by molar-refractivity contribution is 8.13. The molecule has 1 aromatic heterocycles. The van der Waals surface area contributed by atoms with Gasteiger partial charge in [-0.3, -0.25) is 5.41 Å². The quantitative estimate of drug-likeness (QED) is 0.482. The minimum Gasteiger partial charge on any atom is -0.379 e. The molecule has 1 heterocycles. The molecule has 0 aliphatic rings. The zero-order valence-electron chi connectivity index (χ0n) is 10.4. The first-order chi connectivity index (χ1) is 9.13. The average Bonchev–Trinajstić information content (AvgIpc) is 2.77. The van der Waals surface area contributed by atoms with Crippen LogP contribution in [0.5, 0.6) is 0 Å². The van der Waals surface area contributed by atoms with Crippen molar-refractivity contribution in [2.45, 2.75) is 12.8 Å². The number of rotatable bonds is 5. The van der Waals surface area contributed by atoms with Gasteiger partial charge in [-0.25, -0.2) is 0 Å². The summed E-state index contributed by atoms with van der Waals surface area (Å²) in [5.74, 6) is 1.93. The van der Waals surface area contributed by atoms with E-state index in [1.165, 1.54) is 17.3 Å². The van der Waals surface area contributed by atoms with E-state index in [9.17, 15) is 0 Å². The normalized spacial score (nSPS) is 10.5. The molecule has 0 aliphatic carbocycles. The molecule has 1 aromatic carbocycles. The maximum absolute atomic E-state index is 7.14. The molecule has 0 aliphatic heterocycles. The Labute approximate surface area is 115 Å². The van der Waals surface area contributed by atoms with Gasteiger partial charge in [0.25, 0.3) is 0 Å². The van der Waals surface area contributed by atoms with Crippen LogP contribution in [-0.2, 0) is 12.8 Å². The van der Waals surface area contributed by atoms with Gasteiger partial charge in [0.05, 0.1) is 0 Å². The largest absolute Gasteiger partial charge is 0.379 e. The van der Waals surface area contributed by atoms with Crippen molar-refractivity contribution in [2.75, 3.05) is 11.5 Å². The Balaban J connectivity index is 1.89. The zero-order chi connectivity index (χ0) is 13.7. The maximum atomic E-state index is 7.14. The van der Waals surface area contributed by atoms with E-state index >= 15 is 0 Å². The number of nitrogens with two attached hydrogens (primary N) is 2. The molecule has 0 spiro atoms. The fourth-order valence-corrected chi connectivity index (χ4v) is 2.25. The lowest BCUT2D eigenvalue weighted by Gasteiger charge is -2.03. The van der Waals surface area contributed by atoms with Gasteiger partial charge in [-0.05, 0) is 17.5 Å². The predicted octanol–water partition coefficient (Wildman–Crippen LogP) is 1.15. The van der Waals surface area contributed by atoms with E-state index in [1.807, 2.05) is 0 Å². The molecule has 0 atom stereocenters. The van der Waals surface area contributed by atoms with Crippen molar-refractivity contribution in [3.63, 3.8) is 0 Å². The minimum absolute atomic E-state index is 0.166. The van der Waals surface area contributed by atoms with E-state index in [-0.39, 0.29) is 5.17 Å². The van der Waals surface area contributed by atoms with Crippen LogP contribution in [0.3, 0.4) is 0 Å². The Kier molecular flexibility index (Phi) is 4.40. The van der Waals surface area contributed by atoms with Crippen molar-refractivity contribution in [1.29, 1.82) is 5.41 Å². The number of aromatic amines is 1. The highest BCUT2D eigenvalue weighted by Gasteiger charge is 2.02. The molecule has 0 bridgehead atoms. The van der Waals surface area contributed by atoms with Crippen LogP contribution in [0.1, 0.15) is 17.0 Å². The fourth-order valence-electron chi connectivity index (χ4n) is 1.69. The summed E-state index contributed by atoms with van der Waals surface area (Å²) in [6.07, 6.45) is 1.59. The number of H-pyrrole nitrogens is 1. The predicted molar refractivity (Wildman–Crippen MR) is 78.1 cm³/mol. The van der Waals surface area contributed by atoms with Gasteiger partial charge < -0.3 is 16.5 Å². The molecular formula is C12H16N6S. The standard InChI is InChI=1S/C12H16N6S/c13-11(14)19-6-5-8-1-3-9(4-2-8)7-10-16-12(15)18-17-10/h1-4H,5-7H2,(H3,13,14)(H3,15,16,17,18). The smallest absolute Gasteiger partial charge is 0.219 e. The number of thioether (sulfide) groups is 1. The number of benzene rings is 1. The van der Waals surface area contributed by atoms with Crippen LogP contribution >= 0.6 is 11.8 Å². The summed E-state index contributed by atoms with van der Waals surface area (Å²) in [5, 5.41) is 15.0. The van der Waals surface area contributed by atoms with Gasteiger partial charge in [0, 0.05) is 12.2 Å². The molecule has 0 unspecified atom stereocenters. The number of aromatic nitrogens is 3. The third-order valence-corrected chi connectivity index (χ3v) is 3.31. The Morgan fingerprint density at radius 2 is 1.89 bits per heavy atom. The first-order valence-corrected chi connectivity index (χ1v) is 6.83. The summed E-state index contributed by atoms with van der Waals surface area (Å²) in [5.41, 5.74) is 13.1. The van der Waals surface area contributed by atoms with Crippen molar-refractivity contribution in [2.24, 2.45) is 5.73 Å². The lowest BCUT2D eigenvalue weighted by molar-refractivity contribution is 0.971. The molecule has 19 heavy (non-hydrogen) atoms. The van der Waals surface area contributed by atoms with Crippen LogP contribution in [0.25, 0.3) is 0 Å². The van der Waals surface area contributed by atoms with E-state index < -0.39 is 0 Å². The van der Waals surface area contributed by atoms with Gasteiger partial charge in [0.15, 0.2) is 5.17 Å². The number of hydrogen-bond acceptors (Lipinski definition) is 5. The molecule has 0 radical (unpaired) electrons. The Morgan fingerprint density at radius 1 is 1.21 bits per heavy atom. The summed E-state index contributed by atoms with van der Waals surface area (Å²) >= 11 is 1.36. The summed E-state index contributed by atoms with van der Waals surface area (Å²) in [7, 11) is 0. The molecule has 0 amide bonds. The second kappa shape index (κ2) is 6.24. The second-order valence-corrected chi connectivity index (χ2v) is 5.25. The lowest BCUT2D eigenvalue weighted by atomic mass is 10.1.